The third kappa shape index (κ3) is 1.27. The highest BCUT2D eigenvalue weighted by Gasteiger charge is 2.06. The van der Waals surface area contributed by atoms with E-state index in [2.05, 4.69) is 31.0 Å². The first-order valence-corrected chi connectivity index (χ1v) is 4.91. The molecule has 1 N–H and O–H groups in total. The standard InChI is InChI=1S/C12H15NO/c1-4-9-7-10-11(14-3)6-5-8(2)12(10)13-9/h5-7,13H,4H2,1-3H3. The number of hydrogen-bond acceptors (Lipinski definition) is 1. The van der Waals surface area contributed by atoms with E-state index in [9.17, 15) is 0 Å². The van der Waals surface area contributed by atoms with E-state index in [1.807, 2.05) is 6.07 Å². The summed E-state index contributed by atoms with van der Waals surface area (Å²) in [5, 5.41) is 1.18. The van der Waals surface area contributed by atoms with Gasteiger partial charge in [-0.15, -0.1) is 0 Å². The third-order valence-electron chi connectivity index (χ3n) is 2.62. The summed E-state index contributed by atoms with van der Waals surface area (Å²) in [4.78, 5) is 3.41. The first-order valence-electron chi connectivity index (χ1n) is 4.91. The van der Waals surface area contributed by atoms with Crippen LogP contribution in [0.5, 0.6) is 5.75 Å². The van der Waals surface area contributed by atoms with E-state index in [4.69, 9.17) is 4.74 Å². The number of fused-ring (bicyclic) bond motifs is 1. The highest BCUT2D eigenvalue weighted by Crippen LogP contribution is 2.28. The molecule has 2 nitrogen and oxygen atoms in total. The lowest BCUT2D eigenvalue weighted by molar-refractivity contribution is 0.420. The maximum atomic E-state index is 5.32. The van der Waals surface area contributed by atoms with Crippen molar-refractivity contribution in [3.05, 3.63) is 29.5 Å². The van der Waals surface area contributed by atoms with Gasteiger partial charge in [-0.25, -0.2) is 0 Å². The fourth-order valence-corrected chi connectivity index (χ4v) is 1.76. The third-order valence-corrected chi connectivity index (χ3v) is 2.62. The molecule has 0 unspecified atom stereocenters. The quantitative estimate of drug-likeness (QED) is 0.771. The molecule has 0 fully saturated rings. The van der Waals surface area contributed by atoms with E-state index in [1.54, 1.807) is 7.11 Å². The van der Waals surface area contributed by atoms with Crippen molar-refractivity contribution < 1.29 is 4.74 Å². The van der Waals surface area contributed by atoms with Crippen molar-refractivity contribution in [2.75, 3.05) is 7.11 Å². The van der Waals surface area contributed by atoms with Crippen LogP contribution in [-0.4, -0.2) is 12.1 Å². The van der Waals surface area contributed by atoms with E-state index in [0.29, 0.717) is 0 Å². The van der Waals surface area contributed by atoms with Gasteiger partial charge in [0.25, 0.3) is 0 Å². The van der Waals surface area contributed by atoms with Gasteiger partial charge in [0.2, 0.25) is 0 Å². The van der Waals surface area contributed by atoms with Crippen LogP contribution in [0.25, 0.3) is 10.9 Å². The molecule has 2 heteroatoms. The molecule has 0 saturated heterocycles. The predicted octanol–water partition coefficient (Wildman–Crippen LogP) is 3.05. The number of rotatable bonds is 2. The Kier molecular flexibility index (Phi) is 2.20. The van der Waals surface area contributed by atoms with E-state index >= 15 is 0 Å². The van der Waals surface area contributed by atoms with Gasteiger partial charge in [0.15, 0.2) is 0 Å². The molecule has 0 amide bonds. The SMILES string of the molecule is CCc1cc2c(OC)ccc(C)c2[nH]1. The van der Waals surface area contributed by atoms with E-state index < -0.39 is 0 Å². The molecule has 2 aromatic rings. The summed E-state index contributed by atoms with van der Waals surface area (Å²) < 4.78 is 5.32. The largest absolute Gasteiger partial charge is 0.496 e. The number of aromatic amines is 1. The van der Waals surface area contributed by atoms with Crippen molar-refractivity contribution in [2.45, 2.75) is 20.3 Å². The van der Waals surface area contributed by atoms with Crippen molar-refractivity contribution in [1.82, 2.24) is 4.98 Å². The van der Waals surface area contributed by atoms with Crippen molar-refractivity contribution in [2.24, 2.45) is 0 Å². The van der Waals surface area contributed by atoms with Crippen LogP contribution >= 0.6 is 0 Å². The lowest BCUT2D eigenvalue weighted by Gasteiger charge is -2.02. The van der Waals surface area contributed by atoms with Gasteiger partial charge >= 0.3 is 0 Å². The summed E-state index contributed by atoms with van der Waals surface area (Å²) in [6.07, 6.45) is 1.03. The molecule has 1 heterocycles. The van der Waals surface area contributed by atoms with Crippen LogP contribution in [0.1, 0.15) is 18.2 Å². The Morgan fingerprint density at radius 3 is 2.79 bits per heavy atom. The molecule has 0 spiro atoms. The molecule has 0 radical (unpaired) electrons. The Morgan fingerprint density at radius 2 is 2.14 bits per heavy atom. The maximum Gasteiger partial charge on any atom is 0.128 e. The first kappa shape index (κ1) is 9.13. The Hall–Kier alpha value is -1.44. The second kappa shape index (κ2) is 3.37. The van der Waals surface area contributed by atoms with Crippen LogP contribution in [-0.2, 0) is 6.42 Å². The molecule has 0 aliphatic rings. The Balaban J connectivity index is 2.74. The molecule has 0 saturated carbocycles. The van der Waals surface area contributed by atoms with Crippen molar-refractivity contribution in [3.63, 3.8) is 0 Å². The summed E-state index contributed by atoms with van der Waals surface area (Å²) in [5.74, 6) is 0.946. The molecule has 0 bridgehead atoms. The number of methoxy groups -OCH3 is 1. The van der Waals surface area contributed by atoms with Crippen molar-refractivity contribution >= 4 is 10.9 Å². The number of H-pyrrole nitrogens is 1. The van der Waals surface area contributed by atoms with Gasteiger partial charge in [0, 0.05) is 11.1 Å². The summed E-state index contributed by atoms with van der Waals surface area (Å²) >= 11 is 0. The topological polar surface area (TPSA) is 25.0 Å². The Morgan fingerprint density at radius 1 is 1.36 bits per heavy atom. The van der Waals surface area contributed by atoms with Crippen LogP contribution in [0.3, 0.4) is 0 Å². The normalized spacial score (nSPS) is 10.8. The molecule has 74 valence electrons. The molecule has 14 heavy (non-hydrogen) atoms. The fraction of sp³-hybridized carbons (Fsp3) is 0.333. The van der Waals surface area contributed by atoms with Gasteiger partial charge in [0.05, 0.1) is 12.6 Å². The molecular formula is C12H15NO. The highest BCUT2D eigenvalue weighted by molar-refractivity contribution is 5.89. The van der Waals surface area contributed by atoms with Crippen LogP contribution in [0.2, 0.25) is 0 Å². The van der Waals surface area contributed by atoms with Gasteiger partial charge in [-0.3, -0.25) is 0 Å². The van der Waals surface area contributed by atoms with Gasteiger partial charge < -0.3 is 9.72 Å². The fourth-order valence-electron chi connectivity index (χ4n) is 1.76. The smallest absolute Gasteiger partial charge is 0.128 e. The van der Waals surface area contributed by atoms with Crippen LogP contribution in [0.4, 0.5) is 0 Å². The summed E-state index contributed by atoms with van der Waals surface area (Å²) in [5.41, 5.74) is 3.72. The molecular weight excluding hydrogens is 174 g/mol. The Labute approximate surface area is 83.9 Å². The monoisotopic (exact) mass is 189 g/mol. The number of benzene rings is 1. The average molecular weight is 189 g/mol. The second-order valence-electron chi connectivity index (χ2n) is 3.52. The lowest BCUT2D eigenvalue weighted by atomic mass is 10.1. The highest BCUT2D eigenvalue weighted by atomic mass is 16.5. The number of ether oxygens (including phenoxy) is 1. The van der Waals surface area contributed by atoms with E-state index in [-0.39, 0.29) is 0 Å². The van der Waals surface area contributed by atoms with Crippen LogP contribution in [0.15, 0.2) is 18.2 Å². The lowest BCUT2D eigenvalue weighted by Crippen LogP contribution is -1.84. The molecule has 1 aromatic carbocycles. The Bertz CT molecular complexity index is 457. The maximum absolute atomic E-state index is 5.32. The summed E-state index contributed by atoms with van der Waals surface area (Å²) in [6, 6.07) is 6.27. The van der Waals surface area contributed by atoms with E-state index in [0.717, 1.165) is 12.2 Å². The molecule has 1 aromatic heterocycles. The number of aryl methyl sites for hydroxylation is 2. The number of hydrogen-bond donors (Lipinski definition) is 1. The second-order valence-corrected chi connectivity index (χ2v) is 3.52. The molecule has 2 rings (SSSR count). The zero-order valence-electron chi connectivity index (χ0n) is 8.85. The minimum absolute atomic E-state index is 0.946. The number of nitrogens with one attached hydrogen (secondary N) is 1. The summed E-state index contributed by atoms with van der Waals surface area (Å²) in [7, 11) is 1.71. The van der Waals surface area contributed by atoms with Gasteiger partial charge in [-0.05, 0) is 31.0 Å². The van der Waals surface area contributed by atoms with E-state index in [1.165, 1.54) is 22.2 Å². The van der Waals surface area contributed by atoms with Crippen molar-refractivity contribution in [1.29, 1.82) is 0 Å². The number of aromatic nitrogens is 1. The van der Waals surface area contributed by atoms with Crippen LogP contribution < -0.4 is 4.74 Å². The van der Waals surface area contributed by atoms with Gasteiger partial charge in [-0.2, -0.15) is 0 Å². The van der Waals surface area contributed by atoms with Gasteiger partial charge in [-0.1, -0.05) is 13.0 Å². The zero-order chi connectivity index (χ0) is 10.1. The summed E-state index contributed by atoms with van der Waals surface area (Å²) in [6.45, 7) is 4.25. The zero-order valence-corrected chi connectivity index (χ0v) is 8.85. The molecule has 0 aliphatic heterocycles. The van der Waals surface area contributed by atoms with Crippen LogP contribution in [0, 0.1) is 6.92 Å². The molecule has 0 aliphatic carbocycles. The predicted molar refractivity (Wildman–Crippen MR) is 59.0 cm³/mol. The molecule has 0 atom stereocenters. The van der Waals surface area contributed by atoms with Gasteiger partial charge in [0.1, 0.15) is 5.75 Å². The van der Waals surface area contributed by atoms with Crippen molar-refractivity contribution in [3.8, 4) is 5.75 Å². The minimum atomic E-state index is 0.946. The average Bonchev–Trinajstić information content (AvgIpc) is 2.63. The first-order chi connectivity index (χ1) is 6.76. The minimum Gasteiger partial charge on any atom is -0.496 e.